The van der Waals surface area contributed by atoms with Gasteiger partial charge in [-0.3, -0.25) is 4.79 Å². The predicted molar refractivity (Wildman–Crippen MR) is 100 cm³/mol. The normalized spacial score (nSPS) is 16.7. The average molecular weight is 426 g/mol. The Hall–Kier alpha value is -3.20. The van der Waals surface area contributed by atoms with Gasteiger partial charge < -0.3 is 20.7 Å². The van der Waals surface area contributed by atoms with Gasteiger partial charge in [0, 0.05) is 16.4 Å². The molecule has 0 saturated carbocycles. The first-order valence-electron chi connectivity index (χ1n) is 8.33. The van der Waals surface area contributed by atoms with Crippen molar-refractivity contribution in [3.8, 4) is 5.75 Å². The van der Waals surface area contributed by atoms with E-state index in [4.69, 9.17) is 11.6 Å². The van der Waals surface area contributed by atoms with Crippen molar-refractivity contribution in [2.24, 2.45) is 0 Å². The van der Waals surface area contributed by atoms with E-state index in [1.807, 2.05) is 0 Å². The molecule has 1 atom stereocenters. The molecule has 2 aromatic rings. The van der Waals surface area contributed by atoms with E-state index in [1.54, 1.807) is 31.2 Å². The molecule has 6 nitrogen and oxygen atoms in total. The summed E-state index contributed by atoms with van der Waals surface area (Å²) in [6, 6.07) is 10.2. The Morgan fingerprint density at radius 3 is 2.31 bits per heavy atom. The third kappa shape index (κ3) is 5.20. The summed E-state index contributed by atoms with van der Waals surface area (Å²) in [6.45, 7) is 1.58. The monoisotopic (exact) mass is 425 g/mol. The topological polar surface area (TPSA) is 79.5 Å². The first kappa shape index (κ1) is 20.5. The predicted octanol–water partition coefficient (Wildman–Crippen LogP) is 4.51. The molecule has 3 amide bonds. The maximum Gasteiger partial charge on any atom is 0.573 e. The van der Waals surface area contributed by atoms with Crippen LogP contribution in [0.3, 0.4) is 0 Å². The molecule has 152 valence electrons. The minimum absolute atomic E-state index is 0.252. The number of alkyl halides is 3. The molecule has 0 aliphatic carbocycles. The smallest absolute Gasteiger partial charge is 0.406 e. The van der Waals surface area contributed by atoms with Crippen LogP contribution in [0, 0.1) is 0 Å². The highest BCUT2D eigenvalue weighted by atomic mass is 35.5. The number of halogens is 4. The van der Waals surface area contributed by atoms with Crippen molar-refractivity contribution >= 4 is 29.2 Å². The van der Waals surface area contributed by atoms with Crippen molar-refractivity contribution in [2.75, 3.05) is 5.32 Å². The average Bonchev–Trinajstić information content (AvgIpc) is 2.62. The van der Waals surface area contributed by atoms with Gasteiger partial charge in [0.25, 0.3) is 5.91 Å². The van der Waals surface area contributed by atoms with E-state index < -0.39 is 30.1 Å². The van der Waals surface area contributed by atoms with Crippen LogP contribution < -0.4 is 20.7 Å². The van der Waals surface area contributed by atoms with Gasteiger partial charge in [0.1, 0.15) is 5.75 Å². The summed E-state index contributed by atoms with van der Waals surface area (Å²) >= 11 is 5.90. The number of urea groups is 1. The molecule has 1 aliphatic rings. The quantitative estimate of drug-likeness (QED) is 0.674. The fourth-order valence-corrected chi connectivity index (χ4v) is 2.96. The van der Waals surface area contributed by atoms with Gasteiger partial charge in [0.05, 0.1) is 11.6 Å². The van der Waals surface area contributed by atoms with Crippen molar-refractivity contribution in [3.63, 3.8) is 0 Å². The van der Waals surface area contributed by atoms with Gasteiger partial charge in [-0.05, 0) is 48.9 Å². The van der Waals surface area contributed by atoms with Crippen molar-refractivity contribution in [2.45, 2.75) is 19.3 Å². The van der Waals surface area contributed by atoms with Crippen molar-refractivity contribution < 1.29 is 27.5 Å². The third-order valence-corrected chi connectivity index (χ3v) is 4.31. The van der Waals surface area contributed by atoms with Gasteiger partial charge in [0.15, 0.2) is 0 Å². The number of benzene rings is 2. The molecule has 1 unspecified atom stereocenters. The molecule has 0 aromatic heterocycles. The van der Waals surface area contributed by atoms with Gasteiger partial charge >= 0.3 is 12.4 Å². The lowest BCUT2D eigenvalue weighted by Gasteiger charge is -2.28. The summed E-state index contributed by atoms with van der Waals surface area (Å²) in [5.41, 5.74) is 1.50. The zero-order valence-corrected chi connectivity index (χ0v) is 15.7. The second kappa shape index (κ2) is 8.04. The number of rotatable bonds is 4. The number of hydrogen-bond donors (Lipinski definition) is 3. The molecule has 0 bridgehead atoms. The SMILES string of the molecule is CC1=C(C(=O)Nc2ccc(OC(F)(F)F)cc2)C(c2ccc(Cl)cc2)NC(=O)N1. The molecule has 29 heavy (non-hydrogen) atoms. The molecule has 1 aliphatic heterocycles. The lowest BCUT2D eigenvalue weighted by atomic mass is 9.95. The van der Waals surface area contributed by atoms with E-state index in [2.05, 4.69) is 20.7 Å². The zero-order chi connectivity index (χ0) is 21.2. The maximum absolute atomic E-state index is 12.9. The Labute approximate surface area is 168 Å². The molecule has 10 heteroatoms. The van der Waals surface area contributed by atoms with E-state index in [1.165, 1.54) is 12.1 Å². The molecule has 0 spiro atoms. The fraction of sp³-hybridized carbons (Fsp3) is 0.158. The molecule has 3 N–H and O–H groups in total. The highest BCUT2D eigenvalue weighted by Crippen LogP contribution is 2.29. The van der Waals surface area contributed by atoms with Crippen LogP contribution in [-0.2, 0) is 4.79 Å². The summed E-state index contributed by atoms with van der Waals surface area (Å²) < 4.78 is 40.6. The molecular weight excluding hydrogens is 411 g/mol. The highest BCUT2D eigenvalue weighted by Gasteiger charge is 2.32. The minimum Gasteiger partial charge on any atom is -0.406 e. The molecule has 0 fully saturated rings. The molecule has 2 aromatic carbocycles. The number of ether oxygens (including phenoxy) is 1. The van der Waals surface area contributed by atoms with E-state index in [0.29, 0.717) is 16.3 Å². The highest BCUT2D eigenvalue weighted by molar-refractivity contribution is 6.30. The molecule has 1 heterocycles. The van der Waals surface area contributed by atoms with E-state index in [0.717, 1.165) is 12.1 Å². The van der Waals surface area contributed by atoms with E-state index in [9.17, 15) is 22.8 Å². The number of nitrogens with one attached hydrogen (secondary N) is 3. The summed E-state index contributed by atoms with van der Waals surface area (Å²) in [4.78, 5) is 24.7. The van der Waals surface area contributed by atoms with Crippen LogP contribution in [0.4, 0.5) is 23.7 Å². The van der Waals surface area contributed by atoms with E-state index >= 15 is 0 Å². The van der Waals surface area contributed by atoms with Gasteiger partial charge in [-0.15, -0.1) is 13.2 Å². The lowest BCUT2D eigenvalue weighted by Crippen LogP contribution is -2.45. The summed E-state index contributed by atoms with van der Waals surface area (Å²) in [5.74, 6) is -0.934. The first-order chi connectivity index (χ1) is 13.6. The van der Waals surface area contributed by atoms with Crippen LogP contribution in [0.1, 0.15) is 18.5 Å². The number of carbonyl (C=O) groups is 2. The standard InChI is InChI=1S/C19H15ClF3N3O3/c1-10-15(16(26-18(28)24-10)11-2-4-12(20)5-3-11)17(27)25-13-6-8-14(9-7-13)29-19(21,22)23/h2-9,16H,1H3,(H,25,27)(H2,24,26,28). The van der Waals surface area contributed by atoms with Gasteiger partial charge in [-0.1, -0.05) is 23.7 Å². The lowest BCUT2D eigenvalue weighted by molar-refractivity contribution is -0.274. The van der Waals surface area contributed by atoms with Crippen LogP contribution >= 0.6 is 11.6 Å². The Morgan fingerprint density at radius 1 is 1.10 bits per heavy atom. The fourth-order valence-electron chi connectivity index (χ4n) is 2.84. The van der Waals surface area contributed by atoms with E-state index in [-0.39, 0.29) is 11.3 Å². The van der Waals surface area contributed by atoms with Crippen LogP contribution in [-0.4, -0.2) is 18.3 Å². The number of amides is 3. The largest absolute Gasteiger partial charge is 0.573 e. The van der Waals surface area contributed by atoms with Gasteiger partial charge in [0.2, 0.25) is 0 Å². The Kier molecular flexibility index (Phi) is 5.69. The van der Waals surface area contributed by atoms with Crippen LogP contribution in [0.25, 0.3) is 0 Å². The number of hydrogen-bond acceptors (Lipinski definition) is 3. The molecule has 0 saturated heterocycles. The van der Waals surface area contributed by atoms with Crippen molar-refractivity contribution in [1.82, 2.24) is 10.6 Å². The number of allylic oxidation sites excluding steroid dienone is 1. The van der Waals surface area contributed by atoms with Gasteiger partial charge in [-0.25, -0.2) is 4.79 Å². The zero-order valence-electron chi connectivity index (χ0n) is 14.9. The Morgan fingerprint density at radius 2 is 1.72 bits per heavy atom. The summed E-state index contributed by atoms with van der Waals surface area (Å²) in [5, 5.41) is 8.33. The Bertz CT molecular complexity index is 957. The van der Waals surface area contributed by atoms with Crippen LogP contribution in [0.5, 0.6) is 5.75 Å². The third-order valence-electron chi connectivity index (χ3n) is 4.06. The molecular formula is C19H15ClF3N3O3. The van der Waals surface area contributed by atoms with Gasteiger partial charge in [-0.2, -0.15) is 0 Å². The molecule has 3 rings (SSSR count). The van der Waals surface area contributed by atoms with Crippen molar-refractivity contribution in [3.05, 3.63) is 70.4 Å². The van der Waals surface area contributed by atoms with Crippen LogP contribution in [0.2, 0.25) is 5.02 Å². The first-order valence-corrected chi connectivity index (χ1v) is 8.71. The van der Waals surface area contributed by atoms with Crippen LogP contribution in [0.15, 0.2) is 59.8 Å². The second-order valence-corrected chi connectivity index (χ2v) is 6.58. The maximum atomic E-state index is 12.9. The molecule has 0 radical (unpaired) electrons. The minimum atomic E-state index is -4.80. The van der Waals surface area contributed by atoms with Crippen molar-refractivity contribution in [1.29, 1.82) is 0 Å². The second-order valence-electron chi connectivity index (χ2n) is 6.15. The summed E-state index contributed by atoms with van der Waals surface area (Å²) in [7, 11) is 0. The summed E-state index contributed by atoms with van der Waals surface area (Å²) in [6.07, 6.45) is -4.80. The number of carbonyl (C=O) groups excluding carboxylic acids is 2. The number of anilines is 1. The Balaban J connectivity index is 1.82.